The Balaban J connectivity index is 1.50. The van der Waals surface area contributed by atoms with Crippen molar-refractivity contribution in [3.63, 3.8) is 0 Å². The minimum atomic E-state index is 0.654. The molecule has 0 fully saturated rings. The first-order chi connectivity index (χ1) is 14.6. The van der Waals surface area contributed by atoms with Gasteiger partial charge in [-0.3, -0.25) is 0 Å². The molecule has 0 aliphatic carbocycles. The molecule has 0 spiro atoms. The monoisotopic (exact) mass is 458 g/mol. The van der Waals surface area contributed by atoms with E-state index in [4.69, 9.17) is 26.1 Å². The average Bonchev–Trinajstić information content (AvgIpc) is 3.38. The summed E-state index contributed by atoms with van der Waals surface area (Å²) < 4.78 is 12.7. The fraction of sp³-hybridized carbons (Fsp3) is 0.190. The van der Waals surface area contributed by atoms with Gasteiger partial charge >= 0.3 is 0 Å². The number of benzene rings is 2. The van der Waals surface area contributed by atoms with Gasteiger partial charge in [0.2, 0.25) is 0 Å². The molecular weight excluding hydrogens is 440 g/mol. The van der Waals surface area contributed by atoms with Gasteiger partial charge < -0.3 is 14.0 Å². The predicted molar refractivity (Wildman–Crippen MR) is 122 cm³/mol. The third-order valence-corrected chi connectivity index (χ3v) is 6.79. The highest BCUT2D eigenvalue weighted by atomic mass is 35.5. The zero-order valence-corrected chi connectivity index (χ0v) is 19.0. The van der Waals surface area contributed by atoms with E-state index in [0.717, 1.165) is 32.8 Å². The maximum absolute atomic E-state index is 6.29. The maximum atomic E-state index is 6.29. The summed E-state index contributed by atoms with van der Waals surface area (Å²) >= 11 is 9.47. The molecular formula is C21H19ClN4O2S2. The van der Waals surface area contributed by atoms with Gasteiger partial charge in [0, 0.05) is 29.3 Å². The van der Waals surface area contributed by atoms with E-state index in [9.17, 15) is 0 Å². The number of hydrogen-bond donors (Lipinski definition) is 0. The smallest absolute Gasteiger partial charge is 0.191 e. The highest BCUT2D eigenvalue weighted by Crippen LogP contribution is 2.34. The largest absolute Gasteiger partial charge is 0.493 e. The topological polar surface area (TPSA) is 62.1 Å². The first-order valence-electron chi connectivity index (χ1n) is 9.04. The number of nitrogens with zero attached hydrogens (tertiary/aromatic N) is 4. The van der Waals surface area contributed by atoms with E-state index in [1.807, 2.05) is 54.1 Å². The predicted octanol–water partition coefficient (Wildman–Crippen LogP) is 5.57. The normalized spacial score (nSPS) is 10.9. The molecule has 6 nitrogen and oxygen atoms in total. The van der Waals surface area contributed by atoms with E-state index in [1.165, 1.54) is 0 Å². The van der Waals surface area contributed by atoms with Gasteiger partial charge in [-0.05, 0) is 24.3 Å². The Morgan fingerprint density at radius 2 is 1.87 bits per heavy atom. The molecule has 0 N–H and O–H groups in total. The molecule has 4 aromatic rings. The second-order valence-electron chi connectivity index (χ2n) is 6.35. The first-order valence-corrected chi connectivity index (χ1v) is 11.3. The van der Waals surface area contributed by atoms with Crippen LogP contribution < -0.4 is 9.47 Å². The third-order valence-electron chi connectivity index (χ3n) is 4.48. The van der Waals surface area contributed by atoms with Crippen LogP contribution in [0.3, 0.4) is 0 Å². The minimum absolute atomic E-state index is 0.654. The SMILES string of the molecule is COc1ccc(-c2nnc(SCc3csc(-c4ccccc4Cl)n3)n2C)cc1OC. The Kier molecular flexibility index (Phi) is 6.26. The third kappa shape index (κ3) is 4.16. The molecule has 0 saturated heterocycles. The van der Waals surface area contributed by atoms with Gasteiger partial charge in [0.25, 0.3) is 0 Å². The lowest BCUT2D eigenvalue weighted by molar-refractivity contribution is 0.355. The molecule has 0 radical (unpaired) electrons. The number of aromatic nitrogens is 4. The van der Waals surface area contributed by atoms with E-state index in [1.54, 1.807) is 37.3 Å². The molecule has 4 rings (SSSR count). The Hall–Kier alpha value is -2.55. The lowest BCUT2D eigenvalue weighted by Gasteiger charge is -2.09. The minimum Gasteiger partial charge on any atom is -0.493 e. The highest BCUT2D eigenvalue weighted by Gasteiger charge is 2.15. The van der Waals surface area contributed by atoms with E-state index in [2.05, 4.69) is 15.6 Å². The van der Waals surface area contributed by atoms with Crippen LogP contribution in [0.15, 0.2) is 53.0 Å². The molecule has 9 heteroatoms. The molecule has 2 heterocycles. The van der Waals surface area contributed by atoms with Crippen molar-refractivity contribution >= 4 is 34.7 Å². The van der Waals surface area contributed by atoms with Crippen molar-refractivity contribution in [2.75, 3.05) is 14.2 Å². The molecule has 0 amide bonds. The van der Waals surface area contributed by atoms with Gasteiger partial charge in [-0.1, -0.05) is 41.6 Å². The van der Waals surface area contributed by atoms with Crippen molar-refractivity contribution < 1.29 is 9.47 Å². The highest BCUT2D eigenvalue weighted by molar-refractivity contribution is 7.98. The van der Waals surface area contributed by atoms with Crippen LogP contribution in [0.1, 0.15) is 5.69 Å². The van der Waals surface area contributed by atoms with Gasteiger partial charge in [0.1, 0.15) is 5.01 Å². The fourth-order valence-corrected chi connectivity index (χ4v) is 4.99. The van der Waals surface area contributed by atoms with Crippen molar-refractivity contribution in [1.29, 1.82) is 0 Å². The molecule has 0 aliphatic heterocycles. The Morgan fingerprint density at radius 1 is 1.07 bits per heavy atom. The van der Waals surface area contributed by atoms with Crippen LogP contribution in [0.25, 0.3) is 22.0 Å². The van der Waals surface area contributed by atoms with Crippen molar-refractivity contribution in [3.05, 3.63) is 58.6 Å². The van der Waals surface area contributed by atoms with Crippen LogP contribution in [0.4, 0.5) is 0 Å². The number of thiazole rings is 1. The van der Waals surface area contributed by atoms with Crippen LogP contribution in [-0.4, -0.2) is 34.0 Å². The van der Waals surface area contributed by atoms with E-state index in [-0.39, 0.29) is 0 Å². The quantitative estimate of drug-likeness (QED) is 0.337. The summed E-state index contributed by atoms with van der Waals surface area (Å²) in [6.07, 6.45) is 0. The average molecular weight is 459 g/mol. The van der Waals surface area contributed by atoms with Gasteiger partial charge in [-0.15, -0.1) is 21.5 Å². The molecule has 0 unspecified atom stereocenters. The molecule has 30 heavy (non-hydrogen) atoms. The number of thioether (sulfide) groups is 1. The molecule has 154 valence electrons. The van der Waals surface area contributed by atoms with Gasteiger partial charge in [0.05, 0.1) is 24.9 Å². The summed E-state index contributed by atoms with van der Waals surface area (Å²) in [5.74, 6) is 2.78. The van der Waals surface area contributed by atoms with Crippen LogP contribution >= 0.6 is 34.7 Å². The van der Waals surface area contributed by atoms with Gasteiger partial charge in [-0.25, -0.2) is 4.98 Å². The molecule has 0 saturated carbocycles. The zero-order valence-electron chi connectivity index (χ0n) is 16.6. The number of methoxy groups -OCH3 is 2. The molecule has 0 aliphatic rings. The second kappa shape index (κ2) is 9.07. The van der Waals surface area contributed by atoms with Crippen molar-refractivity contribution in [2.45, 2.75) is 10.9 Å². The zero-order chi connectivity index (χ0) is 21.1. The summed E-state index contributed by atoms with van der Waals surface area (Å²) in [6.45, 7) is 0. The second-order valence-corrected chi connectivity index (χ2v) is 8.56. The standard InChI is InChI=1S/C21H19ClN4O2S2/c1-26-19(13-8-9-17(27-2)18(10-13)28-3)24-25-21(26)30-12-14-11-29-20(23-14)15-6-4-5-7-16(15)22/h4-11H,12H2,1-3H3. The van der Waals surface area contributed by atoms with Crippen LogP contribution in [0.5, 0.6) is 11.5 Å². The number of hydrogen-bond acceptors (Lipinski definition) is 7. The summed E-state index contributed by atoms with van der Waals surface area (Å²) in [6, 6.07) is 13.4. The summed E-state index contributed by atoms with van der Waals surface area (Å²) in [5, 5.41) is 13.2. The number of ether oxygens (including phenoxy) is 2. The van der Waals surface area contributed by atoms with Crippen molar-refractivity contribution in [2.24, 2.45) is 7.05 Å². The van der Waals surface area contributed by atoms with Crippen LogP contribution in [-0.2, 0) is 12.8 Å². The van der Waals surface area contributed by atoms with Crippen LogP contribution in [0.2, 0.25) is 5.02 Å². The van der Waals surface area contributed by atoms with E-state index < -0.39 is 0 Å². The fourth-order valence-electron chi connectivity index (χ4n) is 2.94. The van der Waals surface area contributed by atoms with Crippen LogP contribution in [0, 0.1) is 0 Å². The molecule has 2 aromatic heterocycles. The summed E-state index contributed by atoms with van der Waals surface area (Å²) in [4.78, 5) is 4.72. The Labute approximate surface area is 187 Å². The maximum Gasteiger partial charge on any atom is 0.191 e. The van der Waals surface area contributed by atoms with E-state index in [0.29, 0.717) is 22.3 Å². The van der Waals surface area contributed by atoms with Crippen molar-refractivity contribution in [3.8, 4) is 33.5 Å². The lowest BCUT2D eigenvalue weighted by atomic mass is 10.2. The van der Waals surface area contributed by atoms with Gasteiger partial charge in [-0.2, -0.15) is 0 Å². The van der Waals surface area contributed by atoms with Crippen molar-refractivity contribution in [1.82, 2.24) is 19.7 Å². The first kappa shape index (κ1) is 20.7. The van der Waals surface area contributed by atoms with Gasteiger partial charge in [0.15, 0.2) is 22.5 Å². The molecule has 2 aromatic carbocycles. The lowest BCUT2D eigenvalue weighted by Crippen LogP contribution is -1.96. The summed E-state index contributed by atoms with van der Waals surface area (Å²) in [5.41, 5.74) is 2.84. The van der Waals surface area contributed by atoms with E-state index >= 15 is 0 Å². The Morgan fingerprint density at radius 3 is 2.63 bits per heavy atom. The number of rotatable bonds is 7. The Bertz CT molecular complexity index is 1180. The number of halogens is 1. The summed E-state index contributed by atoms with van der Waals surface area (Å²) in [7, 11) is 5.18. The molecule has 0 atom stereocenters. The molecule has 0 bridgehead atoms.